The van der Waals surface area contributed by atoms with E-state index in [1.807, 2.05) is 51.1 Å². The first-order chi connectivity index (χ1) is 19.5. The van der Waals surface area contributed by atoms with Crippen LogP contribution in [0.2, 0.25) is 0 Å². The van der Waals surface area contributed by atoms with E-state index in [-0.39, 0.29) is 60.3 Å². The van der Waals surface area contributed by atoms with Gasteiger partial charge in [0, 0.05) is 24.8 Å². The van der Waals surface area contributed by atoms with Crippen molar-refractivity contribution < 1.29 is 33.7 Å². The molecule has 3 fully saturated rings. The van der Waals surface area contributed by atoms with Gasteiger partial charge in [0.05, 0.1) is 17.9 Å². The average molecular weight is 572 g/mol. The molecule has 228 valence electrons. The summed E-state index contributed by atoms with van der Waals surface area (Å²) in [5, 5.41) is 13.0. The second-order valence-corrected chi connectivity index (χ2v) is 13.3. The lowest BCUT2D eigenvalue weighted by molar-refractivity contribution is -0.183. The van der Waals surface area contributed by atoms with Crippen LogP contribution in [-0.2, 0) is 30.3 Å². The number of rotatable bonds is 9. The molecule has 1 aromatic rings. The van der Waals surface area contributed by atoms with E-state index in [0.717, 1.165) is 24.8 Å². The Morgan fingerprint density at radius 1 is 1.05 bits per heavy atom. The number of amides is 1. The van der Waals surface area contributed by atoms with Crippen LogP contribution in [0.3, 0.4) is 0 Å². The van der Waals surface area contributed by atoms with Crippen molar-refractivity contribution in [2.75, 3.05) is 0 Å². The number of benzene rings is 1. The molecule has 1 aliphatic heterocycles. The van der Waals surface area contributed by atoms with Crippen molar-refractivity contribution in [2.45, 2.75) is 117 Å². The number of aliphatic hydroxyl groups excluding tert-OH is 1. The Hall–Kier alpha value is -2.61. The molecule has 8 heteroatoms. The first kappa shape index (κ1) is 31.3. The van der Waals surface area contributed by atoms with Crippen molar-refractivity contribution in [3.05, 3.63) is 35.9 Å². The van der Waals surface area contributed by atoms with Gasteiger partial charge in [-0.25, -0.2) is 4.79 Å². The third kappa shape index (κ3) is 7.82. The van der Waals surface area contributed by atoms with Gasteiger partial charge in [0.1, 0.15) is 18.3 Å². The van der Waals surface area contributed by atoms with Gasteiger partial charge in [0.2, 0.25) is 0 Å². The minimum Gasteiger partial charge on any atom is -0.462 e. The Kier molecular flexibility index (Phi) is 10.4. The lowest BCUT2D eigenvalue weighted by Crippen LogP contribution is -2.55. The summed E-state index contributed by atoms with van der Waals surface area (Å²) in [5.41, 5.74) is 0.427. The molecule has 1 heterocycles. The number of hydrogen-bond acceptors (Lipinski definition) is 7. The van der Waals surface area contributed by atoms with E-state index >= 15 is 0 Å². The molecule has 4 rings (SSSR count). The highest BCUT2D eigenvalue weighted by Gasteiger charge is 2.53. The molecule has 9 atom stereocenters. The maximum atomic E-state index is 13.3. The Morgan fingerprint density at radius 3 is 2.46 bits per heavy atom. The molecule has 1 amide bonds. The predicted octanol–water partition coefficient (Wildman–Crippen LogP) is 5.79. The molecule has 3 aliphatic rings. The third-order valence-corrected chi connectivity index (χ3v) is 9.97. The molecule has 1 saturated heterocycles. The second kappa shape index (κ2) is 13.6. The predicted molar refractivity (Wildman–Crippen MR) is 155 cm³/mol. The van der Waals surface area contributed by atoms with Crippen molar-refractivity contribution >= 4 is 18.0 Å². The molecule has 0 bridgehead atoms. The van der Waals surface area contributed by atoms with Gasteiger partial charge in [-0.05, 0) is 69.3 Å². The third-order valence-electron chi connectivity index (χ3n) is 9.97. The molecule has 0 spiro atoms. The Bertz CT molecular complexity index is 1040. The smallest absolute Gasteiger partial charge is 0.407 e. The lowest BCUT2D eigenvalue weighted by Gasteiger charge is -2.53. The zero-order chi connectivity index (χ0) is 29.7. The van der Waals surface area contributed by atoms with E-state index in [2.05, 4.69) is 19.2 Å². The van der Waals surface area contributed by atoms with Gasteiger partial charge in [0.15, 0.2) is 0 Å². The van der Waals surface area contributed by atoms with E-state index in [1.54, 1.807) is 0 Å². The lowest BCUT2D eigenvalue weighted by atomic mass is 9.57. The fourth-order valence-corrected chi connectivity index (χ4v) is 7.17. The molecule has 2 N–H and O–H groups in total. The molecular weight excluding hydrogens is 522 g/mol. The van der Waals surface area contributed by atoms with Crippen LogP contribution in [0.15, 0.2) is 30.3 Å². The van der Waals surface area contributed by atoms with Crippen LogP contribution in [-0.4, -0.2) is 47.6 Å². The van der Waals surface area contributed by atoms with Gasteiger partial charge in [-0.3, -0.25) is 9.59 Å². The first-order valence-electron chi connectivity index (χ1n) is 15.6. The van der Waals surface area contributed by atoms with Crippen molar-refractivity contribution in [3.63, 3.8) is 0 Å². The van der Waals surface area contributed by atoms with Crippen LogP contribution in [0.5, 0.6) is 0 Å². The molecular formula is C33H49NO7. The number of hydrogen-bond donors (Lipinski definition) is 2. The zero-order valence-electron chi connectivity index (χ0n) is 25.3. The van der Waals surface area contributed by atoms with E-state index in [0.29, 0.717) is 38.1 Å². The minimum absolute atomic E-state index is 0.0303. The van der Waals surface area contributed by atoms with Gasteiger partial charge >= 0.3 is 18.0 Å². The van der Waals surface area contributed by atoms with Crippen molar-refractivity contribution in [2.24, 2.45) is 35.0 Å². The summed E-state index contributed by atoms with van der Waals surface area (Å²) in [7, 11) is 0. The summed E-state index contributed by atoms with van der Waals surface area (Å²) >= 11 is 0. The molecule has 9 unspecified atom stereocenters. The van der Waals surface area contributed by atoms with E-state index in [1.165, 1.54) is 0 Å². The van der Waals surface area contributed by atoms with Crippen LogP contribution in [0.25, 0.3) is 0 Å². The Morgan fingerprint density at radius 2 is 1.78 bits per heavy atom. The van der Waals surface area contributed by atoms with Crippen LogP contribution in [0.4, 0.5) is 4.79 Å². The molecule has 2 saturated carbocycles. The fourth-order valence-electron chi connectivity index (χ4n) is 7.17. The first-order valence-corrected chi connectivity index (χ1v) is 15.6. The van der Waals surface area contributed by atoms with Crippen molar-refractivity contribution in [1.29, 1.82) is 0 Å². The van der Waals surface area contributed by atoms with Gasteiger partial charge in [-0.1, -0.05) is 57.5 Å². The van der Waals surface area contributed by atoms with Crippen LogP contribution in [0.1, 0.15) is 91.5 Å². The number of nitrogens with one attached hydrogen (secondary N) is 1. The number of carbonyl (C=O) groups excluding carboxylic acids is 3. The summed E-state index contributed by atoms with van der Waals surface area (Å²) in [5.74, 6) is 0.175. The zero-order valence-corrected chi connectivity index (χ0v) is 25.3. The standard InChI is InChI=1S/C33H49NO7/c1-6-33(4,5)31(37)40-27-16-21(3)30(41-32(38)34-19-22-10-8-7-9-11-22)26-14-12-20(2)25(29(26)27)15-13-24-17-23(35)18-28(36)39-24/h7-11,20-21,23-27,29-30,35H,6,12-19H2,1-5H3,(H,34,38). The highest BCUT2D eigenvalue weighted by atomic mass is 16.6. The van der Waals surface area contributed by atoms with Crippen LogP contribution in [0, 0.1) is 35.0 Å². The SMILES string of the molecule is CCC(C)(C)C(=O)OC1CC(C)C(OC(=O)NCc2ccccc2)C2CCC(C)C(CCC3CC(O)CC(=O)O3)C12. The van der Waals surface area contributed by atoms with Gasteiger partial charge in [0.25, 0.3) is 0 Å². The number of esters is 2. The normalized spacial score (nSPS) is 33.7. The maximum Gasteiger partial charge on any atom is 0.407 e. The quantitative estimate of drug-likeness (QED) is 0.285. The summed E-state index contributed by atoms with van der Waals surface area (Å²) in [4.78, 5) is 38.2. The molecule has 1 aromatic carbocycles. The number of cyclic esters (lactones) is 1. The number of ether oxygens (including phenoxy) is 3. The monoisotopic (exact) mass is 571 g/mol. The van der Waals surface area contributed by atoms with Gasteiger partial charge in [-0.15, -0.1) is 0 Å². The molecule has 2 aliphatic carbocycles. The maximum absolute atomic E-state index is 13.3. The van der Waals surface area contributed by atoms with Crippen LogP contribution >= 0.6 is 0 Å². The molecule has 0 radical (unpaired) electrons. The van der Waals surface area contributed by atoms with E-state index in [4.69, 9.17) is 14.2 Å². The second-order valence-electron chi connectivity index (χ2n) is 13.3. The highest BCUT2D eigenvalue weighted by Crippen LogP contribution is 2.52. The summed E-state index contributed by atoms with van der Waals surface area (Å²) < 4.78 is 18.0. The van der Waals surface area contributed by atoms with E-state index < -0.39 is 17.6 Å². The minimum atomic E-state index is -0.662. The van der Waals surface area contributed by atoms with E-state index in [9.17, 15) is 19.5 Å². The number of fused-ring (bicyclic) bond motifs is 1. The fraction of sp³-hybridized carbons (Fsp3) is 0.727. The Labute approximate surface area is 244 Å². The summed E-state index contributed by atoms with van der Waals surface area (Å²) in [6, 6.07) is 9.75. The average Bonchev–Trinajstić information content (AvgIpc) is 2.93. The number of aliphatic hydroxyl groups is 1. The Balaban J connectivity index is 1.52. The van der Waals surface area contributed by atoms with Crippen molar-refractivity contribution in [3.8, 4) is 0 Å². The largest absolute Gasteiger partial charge is 0.462 e. The number of alkyl carbamates (subject to hydrolysis) is 1. The van der Waals surface area contributed by atoms with Crippen LogP contribution < -0.4 is 5.32 Å². The molecule has 0 aromatic heterocycles. The summed E-state index contributed by atoms with van der Waals surface area (Å²) in [6.07, 6.45) is 3.19. The number of carbonyl (C=O) groups is 3. The highest BCUT2D eigenvalue weighted by molar-refractivity contribution is 5.76. The van der Waals surface area contributed by atoms with Gasteiger partial charge < -0.3 is 24.6 Å². The van der Waals surface area contributed by atoms with Gasteiger partial charge in [-0.2, -0.15) is 0 Å². The molecule has 41 heavy (non-hydrogen) atoms. The van der Waals surface area contributed by atoms with Crippen molar-refractivity contribution in [1.82, 2.24) is 5.32 Å². The topological polar surface area (TPSA) is 111 Å². The molecule has 8 nitrogen and oxygen atoms in total. The summed E-state index contributed by atoms with van der Waals surface area (Å²) in [6.45, 7) is 10.6.